The average molecular weight is 381 g/mol. The SMILES string of the molecule is CC(C)[C@H](NC(=O)OCc1ccccc1)C(=O)OCC(C)(C)COC(=O)O. The summed E-state index contributed by atoms with van der Waals surface area (Å²) < 4.78 is 14.9. The highest BCUT2D eigenvalue weighted by Crippen LogP contribution is 2.17. The zero-order chi connectivity index (χ0) is 20.4. The smallest absolute Gasteiger partial charge is 0.463 e. The fraction of sp³-hybridized carbons (Fsp3) is 0.526. The second-order valence-electron chi connectivity index (χ2n) is 7.25. The van der Waals surface area contributed by atoms with Crippen LogP contribution < -0.4 is 5.32 Å². The molecule has 0 aliphatic carbocycles. The number of carbonyl (C=O) groups excluding carboxylic acids is 2. The van der Waals surface area contributed by atoms with Crippen molar-refractivity contribution in [2.45, 2.75) is 40.3 Å². The van der Waals surface area contributed by atoms with Crippen LogP contribution in [0.25, 0.3) is 0 Å². The molecule has 1 aromatic carbocycles. The number of esters is 1. The van der Waals surface area contributed by atoms with E-state index in [0.717, 1.165) is 5.56 Å². The number of ether oxygens (including phenoxy) is 3. The summed E-state index contributed by atoms with van der Waals surface area (Å²) in [5.74, 6) is -0.842. The Morgan fingerprint density at radius 2 is 1.63 bits per heavy atom. The molecule has 8 heteroatoms. The van der Waals surface area contributed by atoms with Gasteiger partial charge in [0.2, 0.25) is 0 Å². The van der Waals surface area contributed by atoms with Crippen molar-refractivity contribution in [3.63, 3.8) is 0 Å². The first kappa shape index (κ1) is 22.3. The highest BCUT2D eigenvalue weighted by Gasteiger charge is 2.29. The maximum Gasteiger partial charge on any atom is 0.505 e. The third-order valence-corrected chi connectivity index (χ3v) is 3.60. The highest BCUT2D eigenvalue weighted by atomic mass is 16.7. The van der Waals surface area contributed by atoms with Gasteiger partial charge in [0, 0.05) is 5.41 Å². The summed E-state index contributed by atoms with van der Waals surface area (Å²) in [5.41, 5.74) is 0.139. The van der Waals surface area contributed by atoms with Crippen molar-refractivity contribution in [1.82, 2.24) is 5.32 Å². The normalized spacial score (nSPS) is 12.2. The van der Waals surface area contributed by atoms with E-state index in [1.165, 1.54) is 0 Å². The Morgan fingerprint density at radius 1 is 1.04 bits per heavy atom. The van der Waals surface area contributed by atoms with Crippen molar-refractivity contribution in [2.75, 3.05) is 13.2 Å². The van der Waals surface area contributed by atoms with Crippen molar-refractivity contribution < 1.29 is 33.7 Å². The van der Waals surface area contributed by atoms with E-state index in [0.29, 0.717) is 0 Å². The van der Waals surface area contributed by atoms with E-state index in [-0.39, 0.29) is 25.7 Å². The monoisotopic (exact) mass is 381 g/mol. The number of hydrogen-bond donors (Lipinski definition) is 2. The molecule has 1 rings (SSSR count). The van der Waals surface area contributed by atoms with Gasteiger partial charge in [0.1, 0.15) is 19.3 Å². The van der Waals surface area contributed by atoms with E-state index in [1.54, 1.807) is 27.7 Å². The molecule has 27 heavy (non-hydrogen) atoms. The molecule has 0 saturated heterocycles. The maximum atomic E-state index is 12.3. The summed E-state index contributed by atoms with van der Waals surface area (Å²) >= 11 is 0. The molecule has 0 aliphatic rings. The molecule has 0 heterocycles. The third-order valence-electron chi connectivity index (χ3n) is 3.60. The van der Waals surface area contributed by atoms with Crippen LogP contribution in [0.4, 0.5) is 9.59 Å². The second kappa shape index (κ2) is 10.4. The number of hydrogen-bond acceptors (Lipinski definition) is 6. The Hall–Kier alpha value is -2.77. The lowest BCUT2D eigenvalue weighted by atomic mass is 9.96. The summed E-state index contributed by atoms with van der Waals surface area (Å²) in [4.78, 5) is 34.8. The van der Waals surface area contributed by atoms with Crippen LogP contribution in [0, 0.1) is 11.3 Å². The lowest BCUT2D eigenvalue weighted by molar-refractivity contribution is -0.151. The third kappa shape index (κ3) is 8.94. The Labute approximate surface area is 158 Å². The minimum absolute atomic E-state index is 0.0525. The number of benzene rings is 1. The number of carbonyl (C=O) groups is 3. The number of alkyl carbamates (subject to hydrolysis) is 1. The molecule has 0 saturated carbocycles. The van der Waals surface area contributed by atoms with Crippen molar-refractivity contribution in [3.8, 4) is 0 Å². The summed E-state index contributed by atoms with van der Waals surface area (Å²) in [6.07, 6.45) is -2.11. The fourth-order valence-electron chi connectivity index (χ4n) is 2.04. The topological polar surface area (TPSA) is 111 Å². The number of amides is 1. The van der Waals surface area contributed by atoms with Crippen molar-refractivity contribution in [2.24, 2.45) is 11.3 Å². The summed E-state index contributed by atoms with van der Waals surface area (Å²) in [7, 11) is 0. The van der Waals surface area contributed by atoms with Crippen molar-refractivity contribution >= 4 is 18.2 Å². The number of nitrogens with one attached hydrogen (secondary N) is 1. The molecule has 0 unspecified atom stereocenters. The van der Waals surface area contributed by atoms with E-state index >= 15 is 0 Å². The van der Waals surface area contributed by atoms with Gasteiger partial charge in [-0.05, 0) is 11.5 Å². The minimum atomic E-state index is -1.39. The van der Waals surface area contributed by atoms with Gasteiger partial charge in [-0.15, -0.1) is 0 Å². The lowest BCUT2D eigenvalue weighted by Crippen LogP contribution is -2.46. The van der Waals surface area contributed by atoms with Crippen LogP contribution in [-0.4, -0.2) is 42.6 Å². The van der Waals surface area contributed by atoms with Gasteiger partial charge in [-0.2, -0.15) is 0 Å². The molecule has 1 amide bonds. The number of carboxylic acid groups (broad SMARTS) is 1. The zero-order valence-electron chi connectivity index (χ0n) is 16.1. The molecule has 1 atom stereocenters. The molecule has 0 fully saturated rings. The van der Waals surface area contributed by atoms with E-state index in [9.17, 15) is 14.4 Å². The number of rotatable bonds is 9. The van der Waals surface area contributed by atoms with Gasteiger partial charge >= 0.3 is 18.2 Å². The predicted octanol–water partition coefficient (Wildman–Crippen LogP) is 3.20. The Kier molecular flexibility index (Phi) is 8.58. The van der Waals surface area contributed by atoms with E-state index in [1.807, 2.05) is 30.3 Å². The first-order chi connectivity index (χ1) is 12.6. The molecule has 2 N–H and O–H groups in total. The summed E-state index contributed by atoms with van der Waals surface area (Å²) in [6.45, 7) is 6.86. The molecule has 150 valence electrons. The Bertz CT molecular complexity index is 628. The summed E-state index contributed by atoms with van der Waals surface area (Å²) in [5, 5.41) is 11.1. The quantitative estimate of drug-likeness (QED) is 0.499. The zero-order valence-corrected chi connectivity index (χ0v) is 16.1. The van der Waals surface area contributed by atoms with Gasteiger partial charge in [0.15, 0.2) is 0 Å². The molecule has 0 spiro atoms. The molecule has 1 aromatic rings. The molecule has 0 aliphatic heterocycles. The van der Waals surface area contributed by atoms with Crippen LogP contribution in [0.15, 0.2) is 30.3 Å². The van der Waals surface area contributed by atoms with Gasteiger partial charge in [0.25, 0.3) is 0 Å². The predicted molar refractivity (Wildman–Crippen MR) is 97.1 cm³/mol. The summed E-state index contributed by atoms with van der Waals surface area (Å²) in [6, 6.07) is 8.29. The molecular weight excluding hydrogens is 354 g/mol. The van der Waals surface area contributed by atoms with Gasteiger partial charge < -0.3 is 24.6 Å². The molecule has 0 radical (unpaired) electrons. The van der Waals surface area contributed by atoms with Crippen LogP contribution in [0.2, 0.25) is 0 Å². The van der Waals surface area contributed by atoms with Gasteiger partial charge in [-0.3, -0.25) is 0 Å². The Morgan fingerprint density at radius 3 is 2.19 bits per heavy atom. The van der Waals surface area contributed by atoms with Crippen LogP contribution in [0.3, 0.4) is 0 Å². The van der Waals surface area contributed by atoms with Crippen LogP contribution >= 0.6 is 0 Å². The lowest BCUT2D eigenvalue weighted by Gasteiger charge is -2.26. The average Bonchev–Trinajstić information content (AvgIpc) is 2.61. The molecular formula is C19H27NO7. The Balaban J connectivity index is 2.52. The van der Waals surface area contributed by atoms with E-state index in [2.05, 4.69) is 10.1 Å². The first-order valence-corrected chi connectivity index (χ1v) is 8.60. The molecule has 8 nitrogen and oxygen atoms in total. The standard InChI is InChI=1S/C19H27NO7/c1-13(2)15(16(21)26-11-19(3,4)12-27-18(23)24)20-17(22)25-10-14-8-6-5-7-9-14/h5-9,13,15H,10-12H2,1-4H3,(H,20,22)(H,23,24)/t15-/m0/s1. The first-order valence-electron chi connectivity index (χ1n) is 8.60. The minimum Gasteiger partial charge on any atom is -0.463 e. The van der Waals surface area contributed by atoms with Gasteiger partial charge in [0.05, 0.1) is 6.61 Å². The van der Waals surface area contributed by atoms with Crippen LogP contribution in [-0.2, 0) is 25.6 Å². The van der Waals surface area contributed by atoms with Crippen LogP contribution in [0.1, 0.15) is 33.3 Å². The van der Waals surface area contributed by atoms with Gasteiger partial charge in [-0.25, -0.2) is 14.4 Å². The highest BCUT2D eigenvalue weighted by molar-refractivity contribution is 5.81. The molecule has 0 aromatic heterocycles. The van der Waals surface area contributed by atoms with Crippen molar-refractivity contribution in [1.29, 1.82) is 0 Å². The largest absolute Gasteiger partial charge is 0.505 e. The van der Waals surface area contributed by atoms with Crippen molar-refractivity contribution in [3.05, 3.63) is 35.9 Å². The van der Waals surface area contributed by atoms with E-state index < -0.39 is 29.7 Å². The molecule has 0 bridgehead atoms. The van der Waals surface area contributed by atoms with E-state index in [4.69, 9.17) is 14.6 Å². The second-order valence-corrected chi connectivity index (χ2v) is 7.25. The van der Waals surface area contributed by atoms with Gasteiger partial charge in [-0.1, -0.05) is 58.0 Å². The fourth-order valence-corrected chi connectivity index (χ4v) is 2.04. The maximum absolute atomic E-state index is 12.3. The van der Waals surface area contributed by atoms with Crippen LogP contribution in [0.5, 0.6) is 0 Å².